The molecule has 1 N–H and O–H groups in total. The minimum atomic E-state index is -3.75. The van der Waals surface area contributed by atoms with Gasteiger partial charge in [0.2, 0.25) is 10.0 Å². The Morgan fingerprint density at radius 3 is 2.54 bits per heavy atom. The molecule has 0 aliphatic rings. The van der Waals surface area contributed by atoms with Crippen molar-refractivity contribution >= 4 is 33.2 Å². The van der Waals surface area contributed by atoms with E-state index in [1.165, 1.54) is 30.5 Å². The summed E-state index contributed by atoms with van der Waals surface area (Å²) in [5.41, 5.74) is -0.274. The Balaban J connectivity index is 2.30. The second kappa shape index (κ2) is 7.32. The van der Waals surface area contributed by atoms with Gasteiger partial charge in [0.15, 0.2) is 0 Å². The van der Waals surface area contributed by atoms with Crippen LogP contribution in [0.4, 0.5) is 0 Å². The molecule has 1 atom stereocenters. The molecule has 0 amide bonds. The van der Waals surface area contributed by atoms with Crippen LogP contribution in [0.2, 0.25) is 10.0 Å². The van der Waals surface area contributed by atoms with Crippen LogP contribution in [0.1, 0.15) is 6.92 Å². The van der Waals surface area contributed by atoms with Gasteiger partial charge >= 0.3 is 0 Å². The summed E-state index contributed by atoms with van der Waals surface area (Å²) in [5.74, 6) is -0.446. The Kier molecular flexibility index (Phi) is 5.62. The summed E-state index contributed by atoms with van der Waals surface area (Å²) in [5, 5.41) is 12.4. The first-order valence-electron chi connectivity index (χ1n) is 6.69. The van der Waals surface area contributed by atoms with Crippen molar-refractivity contribution in [2.24, 2.45) is 5.92 Å². The molecule has 1 aromatic heterocycles. The van der Waals surface area contributed by atoms with Crippen LogP contribution in [-0.4, -0.2) is 24.7 Å². The standard InChI is InChI=1S/C14H12Cl2N4O3S/c1-9(6-17)7-19-24(22,23)11-4-2-10(3-5-11)20-14(21)13(16)12(15)8-18-20/h2-5,8-9,19H,7H2,1H3. The van der Waals surface area contributed by atoms with Gasteiger partial charge in [-0.3, -0.25) is 4.79 Å². The number of aromatic nitrogens is 2. The number of nitrogens with one attached hydrogen (secondary N) is 1. The summed E-state index contributed by atoms with van der Waals surface area (Å²) < 4.78 is 27.6. The quantitative estimate of drug-likeness (QED) is 0.845. The van der Waals surface area contributed by atoms with Crippen LogP contribution < -0.4 is 10.3 Å². The Hall–Kier alpha value is -1.92. The number of sulfonamides is 1. The van der Waals surface area contributed by atoms with Gasteiger partial charge in [0.05, 0.1) is 33.8 Å². The zero-order valence-corrected chi connectivity index (χ0v) is 14.7. The van der Waals surface area contributed by atoms with Gasteiger partial charge in [-0.15, -0.1) is 0 Å². The van der Waals surface area contributed by atoms with E-state index in [0.717, 1.165) is 4.68 Å². The van der Waals surface area contributed by atoms with Gasteiger partial charge in [-0.2, -0.15) is 15.0 Å². The number of benzene rings is 1. The average Bonchev–Trinajstić information content (AvgIpc) is 2.58. The molecule has 2 aromatic rings. The number of hydrogen-bond acceptors (Lipinski definition) is 5. The first kappa shape index (κ1) is 18.4. The van der Waals surface area contributed by atoms with E-state index in [9.17, 15) is 13.2 Å². The second-order valence-corrected chi connectivity index (χ2v) is 7.45. The molecule has 1 heterocycles. The van der Waals surface area contributed by atoms with Crippen LogP contribution >= 0.6 is 23.2 Å². The third-order valence-corrected chi connectivity index (χ3v) is 5.26. The highest BCUT2D eigenvalue weighted by Crippen LogP contribution is 2.17. The van der Waals surface area contributed by atoms with E-state index in [1.807, 2.05) is 6.07 Å². The molecule has 0 bridgehead atoms. The first-order chi connectivity index (χ1) is 11.3. The summed E-state index contributed by atoms with van der Waals surface area (Å²) in [6, 6.07) is 7.42. The van der Waals surface area contributed by atoms with Crippen molar-refractivity contribution in [1.82, 2.24) is 14.5 Å². The topological polar surface area (TPSA) is 105 Å². The molecule has 24 heavy (non-hydrogen) atoms. The normalized spacial score (nSPS) is 12.6. The Bertz CT molecular complexity index is 949. The highest BCUT2D eigenvalue weighted by molar-refractivity contribution is 7.89. The lowest BCUT2D eigenvalue weighted by Gasteiger charge is -2.09. The fourth-order valence-corrected chi connectivity index (χ4v) is 3.11. The SMILES string of the molecule is CC(C#N)CNS(=O)(=O)c1ccc(-n2ncc(Cl)c(Cl)c2=O)cc1. The molecule has 1 unspecified atom stereocenters. The number of nitriles is 1. The highest BCUT2D eigenvalue weighted by Gasteiger charge is 2.16. The van der Waals surface area contributed by atoms with Gasteiger partial charge < -0.3 is 0 Å². The van der Waals surface area contributed by atoms with Crippen molar-refractivity contribution in [2.45, 2.75) is 11.8 Å². The third kappa shape index (κ3) is 3.94. The number of nitrogens with zero attached hydrogens (tertiary/aromatic N) is 3. The van der Waals surface area contributed by atoms with E-state index in [-0.39, 0.29) is 21.5 Å². The van der Waals surface area contributed by atoms with Crippen LogP contribution in [0.5, 0.6) is 0 Å². The van der Waals surface area contributed by atoms with Crippen LogP contribution in [0.3, 0.4) is 0 Å². The van der Waals surface area contributed by atoms with E-state index >= 15 is 0 Å². The number of rotatable bonds is 5. The molecule has 0 fully saturated rings. The van der Waals surface area contributed by atoms with Gasteiger partial charge in [0.25, 0.3) is 5.56 Å². The molecule has 10 heteroatoms. The van der Waals surface area contributed by atoms with Gasteiger partial charge in [-0.05, 0) is 31.2 Å². The molecular formula is C14H12Cl2N4O3S. The predicted molar refractivity (Wildman–Crippen MR) is 89.8 cm³/mol. The third-order valence-electron chi connectivity index (χ3n) is 3.07. The molecule has 0 aliphatic carbocycles. The summed E-state index contributed by atoms with van der Waals surface area (Å²) in [6.07, 6.45) is 1.22. The number of halogens is 2. The fourth-order valence-electron chi connectivity index (χ4n) is 1.73. The second-order valence-electron chi connectivity index (χ2n) is 4.90. The molecule has 7 nitrogen and oxygen atoms in total. The zero-order valence-electron chi connectivity index (χ0n) is 12.4. The van der Waals surface area contributed by atoms with Crippen LogP contribution in [-0.2, 0) is 10.0 Å². The zero-order chi connectivity index (χ0) is 17.9. The van der Waals surface area contributed by atoms with Crippen molar-refractivity contribution in [3.8, 4) is 11.8 Å². The van der Waals surface area contributed by atoms with E-state index in [0.29, 0.717) is 5.69 Å². The van der Waals surface area contributed by atoms with Crippen molar-refractivity contribution in [2.75, 3.05) is 6.54 Å². The van der Waals surface area contributed by atoms with E-state index in [1.54, 1.807) is 6.92 Å². The molecule has 0 radical (unpaired) electrons. The maximum Gasteiger partial charge on any atom is 0.291 e. The van der Waals surface area contributed by atoms with Crippen LogP contribution in [0.25, 0.3) is 5.69 Å². The molecule has 1 aromatic carbocycles. The van der Waals surface area contributed by atoms with E-state index < -0.39 is 21.5 Å². The number of hydrogen-bond donors (Lipinski definition) is 1. The van der Waals surface area contributed by atoms with Crippen molar-refractivity contribution in [1.29, 1.82) is 5.26 Å². The smallest absolute Gasteiger partial charge is 0.266 e. The molecule has 0 spiro atoms. The lowest BCUT2D eigenvalue weighted by Crippen LogP contribution is -2.28. The van der Waals surface area contributed by atoms with Gasteiger partial charge in [0.1, 0.15) is 5.02 Å². The monoisotopic (exact) mass is 386 g/mol. The fraction of sp³-hybridized carbons (Fsp3) is 0.214. The van der Waals surface area contributed by atoms with Crippen LogP contribution in [0.15, 0.2) is 40.2 Å². The predicted octanol–water partition coefficient (Wildman–Crippen LogP) is 1.98. The lowest BCUT2D eigenvalue weighted by molar-refractivity contribution is 0.573. The lowest BCUT2D eigenvalue weighted by atomic mass is 10.2. The van der Waals surface area contributed by atoms with Gasteiger partial charge in [-0.1, -0.05) is 23.2 Å². The minimum Gasteiger partial charge on any atom is -0.266 e. The Labute approximate surface area is 148 Å². The average molecular weight is 387 g/mol. The van der Waals surface area contributed by atoms with Crippen LogP contribution in [0, 0.1) is 17.2 Å². The molecule has 0 aliphatic heterocycles. The van der Waals surface area contributed by atoms with Crippen molar-refractivity contribution in [3.05, 3.63) is 50.9 Å². The maximum absolute atomic E-state index is 12.1. The Morgan fingerprint density at radius 1 is 1.33 bits per heavy atom. The maximum atomic E-state index is 12.1. The molecule has 2 rings (SSSR count). The van der Waals surface area contributed by atoms with Crippen molar-refractivity contribution < 1.29 is 8.42 Å². The van der Waals surface area contributed by atoms with Gasteiger partial charge in [-0.25, -0.2) is 13.1 Å². The summed E-state index contributed by atoms with van der Waals surface area (Å²) in [4.78, 5) is 12.0. The first-order valence-corrected chi connectivity index (χ1v) is 8.93. The van der Waals surface area contributed by atoms with Gasteiger partial charge in [0, 0.05) is 6.54 Å². The highest BCUT2D eigenvalue weighted by atomic mass is 35.5. The summed E-state index contributed by atoms with van der Waals surface area (Å²) >= 11 is 11.5. The summed E-state index contributed by atoms with van der Waals surface area (Å²) in [6.45, 7) is 1.61. The molecular weight excluding hydrogens is 375 g/mol. The Morgan fingerprint density at radius 2 is 1.96 bits per heavy atom. The largest absolute Gasteiger partial charge is 0.291 e. The molecule has 0 saturated heterocycles. The summed E-state index contributed by atoms with van der Waals surface area (Å²) in [7, 11) is -3.75. The van der Waals surface area contributed by atoms with E-state index in [2.05, 4.69) is 9.82 Å². The van der Waals surface area contributed by atoms with E-state index in [4.69, 9.17) is 28.5 Å². The minimum absolute atomic E-state index is 0.00417. The molecule has 126 valence electrons. The molecule has 0 saturated carbocycles. The van der Waals surface area contributed by atoms with Crippen molar-refractivity contribution in [3.63, 3.8) is 0 Å².